The molecule has 1 aromatic rings. The molecule has 0 bridgehead atoms. The maximum absolute atomic E-state index is 9.50. The summed E-state index contributed by atoms with van der Waals surface area (Å²) in [4.78, 5) is 0. The minimum Gasteiger partial charge on any atom is -0.393 e. The van der Waals surface area contributed by atoms with Crippen molar-refractivity contribution in [2.45, 2.75) is 65.0 Å². The Morgan fingerprint density at radius 3 is 2.32 bits per heavy atom. The van der Waals surface area contributed by atoms with Crippen LogP contribution in [-0.2, 0) is 6.42 Å². The predicted octanol–water partition coefficient (Wildman–Crippen LogP) is 3.05. The van der Waals surface area contributed by atoms with Gasteiger partial charge in [0.05, 0.1) is 6.10 Å². The molecule has 2 rings (SSSR count). The van der Waals surface area contributed by atoms with Crippen molar-refractivity contribution in [1.82, 2.24) is 5.32 Å². The van der Waals surface area contributed by atoms with Gasteiger partial charge in [0, 0.05) is 6.04 Å². The van der Waals surface area contributed by atoms with Gasteiger partial charge in [-0.1, -0.05) is 12.1 Å². The second-order valence-electron chi connectivity index (χ2n) is 6.07. The van der Waals surface area contributed by atoms with Crippen LogP contribution in [0.4, 0.5) is 0 Å². The van der Waals surface area contributed by atoms with E-state index in [9.17, 15) is 5.11 Å². The van der Waals surface area contributed by atoms with E-state index in [4.69, 9.17) is 0 Å². The van der Waals surface area contributed by atoms with E-state index in [1.54, 1.807) is 0 Å². The maximum Gasteiger partial charge on any atom is 0.0541 e. The highest BCUT2D eigenvalue weighted by Gasteiger charge is 2.18. The maximum atomic E-state index is 9.50. The number of aliphatic hydroxyl groups is 1. The summed E-state index contributed by atoms with van der Waals surface area (Å²) in [6.07, 6.45) is 5.20. The van der Waals surface area contributed by atoms with Crippen LogP contribution in [0.15, 0.2) is 12.1 Å². The minimum atomic E-state index is -0.0555. The van der Waals surface area contributed by atoms with Crippen LogP contribution < -0.4 is 5.32 Å². The summed E-state index contributed by atoms with van der Waals surface area (Å²) in [7, 11) is 0. The second-order valence-corrected chi connectivity index (χ2v) is 6.07. The van der Waals surface area contributed by atoms with Crippen LogP contribution in [0.25, 0.3) is 0 Å². The van der Waals surface area contributed by atoms with E-state index in [0.29, 0.717) is 6.04 Å². The van der Waals surface area contributed by atoms with E-state index >= 15 is 0 Å². The quantitative estimate of drug-likeness (QED) is 0.873. The van der Waals surface area contributed by atoms with E-state index in [0.717, 1.165) is 38.6 Å². The van der Waals surface area contributed by atoms with Crippen LogP contribution in [-0.4, -0.2) is 23.8 Å². The van der Waals surface area contributed by atoms with Gasteiger partial charge >= 0.3 is 0 Å². The average Bonchev–Trinajstić information content (AvgIpc) is 2.38. The number of hydrogen-bond donors (Lipinski definition) is 2. The van der Waals surface area contributed by atoms with Crippen LogP contribution in [0.3, 0.4) is 0 Å². The number of rotatable bonds is 4. The number of benzene rings is 1. The van der Waals surface area contributed by atoms with Gasteiger partial charge in [-0.05, 0) is 81.7 Å². The molecule has 0 spiro atoms. The van der Waals surface area contributed by atoms with Crippen molar-refractivity contribution in [1.29, 1.82) is 0 Å². The van der Waals surface area contributed by atoms with Crippen molar-refractivity contribution in [3.05, 3.63) is 34.4 Å². The molecule has 0 radical (unpaired) electrons. The third kappa shape index (κ3) is 4.05. The molecule has 0 amide bonds. The van der Waals surface area contributed by atoms with E-state index in [1.165, 1.54) is 22.3 Å². The van der Waals surface area contributed by atoms with Crippen molar-refractivity contribution < 1.29 is 5.11 Å². The molecule has 0 unspecified atom stereocenters. The van der Waals surface area contributed by atoms with Crippen LogP contribution >= 0.6 is 0 Å². The number of aliphatic hydroxyl groups excluding tert-OH is 1. The van der Waals surface area contributed by atoms with Crippen molar-refractivity contribution in [2.24, 2.45) is 0 Å². The zero-order chi connectivity index (χ0) is 13.8. The monoisotopic (exact) mass is 261 g/mol. The molecule has 106 valence electrons. The summed E-state index contributed by atoms with van der Waals surface area (Å²) in [6, 6.07) is 5.23. The van der Waals surface area contributed by atoms with Gasteiger partial charge in [-0.2, -0.15) is 0 Å². The molecule has 19 heavy (non-hydrogen) atoms. The molecule has 0 saturated heterocycles. The number of nitrogens with one attached hydrogen (secondary N) is 1. The van der Waals surface area contributed by atoms with Crippen LogP contribution in [0, 0.1) is 20.8 Å². The van der Waals surface area contributed by atoms with Crippen molar-refractivity contribution in [3.8, 4) is 0 Å². The first kappa shape index (κ1) is 14.5. The lowest BCUT2D eigenvalue weighted by Crippen LogP contribution is -2.35. The summed E-state index contributed by atoms with van der Waals surface area (Å²) in [6.45, 7) is 7.62. The smallest absolute Gasteiger partial charge is 0.0541 e. The van der Waals surface area contributed by atoms with E-state index in [1.807, 2.05) is 0 Å². The zero-order valence-electron chi connectivity index (χ0n) is 12.5. The Labute approximate surface area is 117 Å². The van der Waals surface area contributed by atoms with E-state index in [2.05, 4.69) is 38.2 Å². The first-order valence-corrected chi connectivity index (χ1v) is 7.54. The largest absolute Gasteiger partial charge is 0.393 e. The number of aryl methyl sites for hydroxylation is 3. The van der Waals surface area contributed by atoms with E-state index < -0.39 is 0 Å². The summed E-state index contributed by atoms with van der Waals surface area (Å²) >= 11 is 0. The van der Waals surface area contributed by atoms with Gasteiger partial charge < -0.3 is 10.4 Å². The van der Waals surface area contributed by atoms with Crippen molar-refractivity contribution >= 4 is 0 Å². The highest BCUT2D eigenvalue weighted by Crippen LogP contribution is 2.19. The fourth-order valence-corrected chi connectivity index (χ4v) is 2.98. The van der Waals surface area contributed by atoms with Gasteiger partial charge in [0.25, 0.3) is 0 Å². The fraction of sp³-hybridized carbons (Fsp3) is 0.647. The van der Waals surface area contributed by atoms with Crippen LogP contribution in [0.2, 0.25) is 0 Å². The molecule has 1 fully saturated rings. The highest BCUT2D eigenvalue weighted by molar-refractivity contribution is 5.36. The standard InChI is InChI=1S/C17H27NO/c1-12-10-14(3)15(11-13(12)2)8-9-18-16-4-6-17(19)7-5-16/h10-11,16-19H,4-9H2,1-3H3. The molecule has 0 atom stereocenters. The molecule has 0 aliphatic heterocycles. The minimum absolute atomic E-state index is 0.0555. The summed E-state index contributed by atoms with van der Waals surface area (Å²) < 4.78 is 0. The van der Waals surface area contributed by atoms with Gasteiger partial charge in [0.2, 0.25) is 0 Å². The van der Waals surface area contributed by atoms with Gasteiger partial charge in [-0.25, -0.2) is 0 Å². The van der Waals surface area contributed by atoms with Crippen molar-refractivity contribution in [2.75, 3.05) is 6.54 Å². The molecule has 0 aromatic heterocycles. The molecule has 1 aromatic carbocycles. The van der Waals surface area contributed by atoms with Gasteiger partial charge in [-0.15, -0.1) is 0 Å². The number of hydrogen-bond acceptors (Lipinski definition) is 2. The molecular formula is C17H27NO. The summed E-state index contributed by atoms with van der Waals surface area (Å²) in [5, 5.41) is 13.1. The van der Waals surface area contributed by atoms with Crippen LogP contribution in [0.1, 0.15) is 47.9 Å². The SMILES string of the molecule is Cc1cc(C)c(CCNC2CCC(O)CC2)cc1C. The normalized spacial score (nSPS) is 23.6. The Bertz CT molecular complexity index is 420. The highest BCUT2D eigenvalue weighted by atomic mass is 16.3. The van der Waals surface area contributed by atoms with Crippen molar-refractivity contribution in [3.63, 3.8) is 0 Å². The van der Waals surface area contributed by atoms with Gasteiger partial charge in [-0.3, -0.25) is 0 Å². The zero-order valence-corrected chi connectivity index (χ0v) is 12.5. The Hall–Kier alpha value is -0.860. The third-order valence-electron chi connectivity index (χ3n) is 4.48. The molecule has 2 N–H and O–H groups in total. The summed E-state index contributed by atoms with van der Waals surface area (Å²) in [5.41, 5.74) is 5.65. The fourth-order valence-electron chi connectivity index (χ4n) is 2.98. The van der Waals surface area contributed by atoms with E-state index in [-0.39, 0.29) is 6.10 Å². The lowest BCUT2D eigenvalue weighted by molar-refractivity contribution is 0.117. The lowest BCUT2D eigenvalue weighted by atomic mass is 9.93. The summed E-state index contributed by atoms with van der Waals surface area (Å²) in [5.74, 6) is 0. The first-order valence-electron chi connectivity index (χ1n) is 7.54. The molecule has 1 saturated carbocycles. The Kier molecular flexibility index (Phi) is 5.00. The topological polar surface area (TPSA) is 32.3 Å². The Balaban J connectivity index is 1.81. The lowest BCUT2D eigenvalue weighted by Gasteiger charge is -2.26. The Morgan fingerprint density at radius 1 is 1.00 bits per heavy atom. The molecule has 2 nitrogen and oxygen atoms in total. The molecular weight excluding hydrogens is 234 g/mol. The van der Waals surface area contributed by atoms with Gasteiger partial charge in [0.15, 0.2) is 0 Å². The van der Waals surface area contributed by atoms with Gasteiger partial charge in [0.1, 0.15) is 0 Å². The first-order chi connectivity index (χ1) is 9.06. The molecule has 1 aliphatic carbocycles. The third-order valence-corrected chi connectivity index (χ3v) is 4.48. The predicted molar refractivity (Wildman–Crippen MR) is 80.6 cm³/mol. The Morgan fingerprint density at radius 2 is 1.63 bits per heavy atom. The van der Waals surface area contributed by atoms with Crippen LogP contribution in [0.5, 0.6) is 0 Å². The second kappa shape index (κ2) is 6.53. The average molecular weight is 261 g/mol. The molecule has 1 aliphatic rings. The molecule has 2 heteroatoms. The molecule has 0 heterocycles.